The molecule has 0 aliphatic rings. The van der Waals surface area contributed by atoms with Gasteiger partial charge in [-0.3, -0.25) is 9.05 Å². The third kappa shape index (κ3) is 10.8. The highest BCUT2D eigenvalue weighted by Crippen LogP contribution is 2.45. The van der Waals surface area contributed by atoms with Crippen LogP contribution in [0.25, 0.3) is 0 Å². The molecule has 0 aliphatic heterocycles. The maximum absolute atomic E-state index is 12.0. The molecule has 0 aliphatic carbocycles. The second-order valence-corrected chi connectivity index (χ2v) is 7.07. The van der Waals surface area contributed by atoms with E-state index in [4.69, 9.17) is 18.5 Å². The largest absolute Gasteiger partial charge is 0.472 e. The number of rotatable bonds is 13. The van der Waals surface area contributed by atoms with Crippen LogP contribution in [0.1, 0.15) is 34.1 Å². The quantitative estimate of drug-likeness (QED) is 0.402. The van der Waals surface area contributed by atoms with Crippen LogP contribution in [0, 0.1) is 0 Å². The summed E-state index contributed by atoms with van der Waals surface area (Å²) >= 11 is 0. The minimum atomic E-state index is -4.10. The van der Waals surface area contributed by atoms with Gasteiger partial charge >= 0.3 is 7.82 Å². The highest BCUT2D eigenvalue weighted by Gasteiger charge is 2.27. The summed E-state index contributed by atoms with van der Waals surface area (Å²) in [6.45, 7) is 8.11. The number of hydrogen-bond donors (Lipinski definition) is 1. The Morgan fingerprint density at radius 1 is 1.09 bits per heavy atom. The van der Waals surface area contributed by atoms with E-state index in [0.717, 1.165) is 6.42 Å². The number of phosphoric ester groups is 1. The molecule has 0 rings (SSSR count). The molecular weight excluding hydrogens is 305 g/mol. The second kappa shape index (κ2) is 11.7. The van der Waals surface area contributed by atoms with Gasteiger partial charge in [-0.25, -0.2) is 4.57 Å². The van der Waals surface area contributed by atoms with Crippen LogP contribution in [-0.2, 0) is 23.1 Å². The fourth-order valence-electron chi connectivity index (χ4n) is 1.65. The second-order valence-electron chi connectivity index (χ2n) is 5.67. The van der Waals surface area contributed by atoms with E-state index in [0.29, 0.717) is 12.6 Å². The van der Waals surface area contributed by atoms with Crippen molar-refractivity contribution in [1.82, 2.24) is 0 Å². The zero-order valence-corrected chi connectivity index (χ0v) is 15.7. The van der Waals surface area contributed by atoms with E-state index in [1.807, 2.05) is 43.4 Å². The Morgan fingerprint density at radius 2 is 1.68 bits per heavy atom. The molecule has 6 nitrogen and oxygen atoms in total. The van der Waals surface area contributed by atoms with Gasteiger partial charge in [0.15, 0.2) is 0 Å². The molecule has 1 N–H and O–H groups in total. The molecule has 0 spiro atoms. The van der Waals surface area contributed by atoms with E-state index < -0.39 is 13.9 Å². The fraction of sp³-hybridized carbons (Fsp3) is 1.00. The van der Waals surface area contributed by atoms with E-state index in [2.05, 4.69) is 0 Å². The van der Waals surface area contributed by atoms with E-state index in [9.17, 15) is 9.46 Å². The summed E-state index contributed by atoms with van der Waals surface area (Å²) in [7, 11) is -0.289. The smallest absolute Gasteiger partial charge is 0.376 e. The van der Waals surface area contributed by atoms with Crippen molar-refractivity contribution in [2.45, 2.75) is 71.2 Å². The van der Waals surface area contributed by atoms with Crippen molar-refractivity contribution in [3.8, 4) is 0 Å². The predicted molar refractivity (Wildman–Crippen MR) is 93.1 cm³/mol. The standard InChI is InChI=1S/C13H31B2O6P/c1-5-11(4)18-8-13(7-15)21-22(16,17)19-9-12(6-14)20-10(2)3/h10-13H,5-9,14-15H2,1-4H3,(H,16,17)/t11?,12-,13-/m1/s1. The van der Waals surface area contributed by atoms with E-state index in [-0.39, 0.29) is 31.5 Å². The van der Waals surface area contributed by atoms with Crippen molar-refractivity contribution in [3.63, 3.8) is 0 Å². The lowest BCUT2D eigenvalue weighted by Crippen LogP contribution is -2.25. The van der Waals surface area contributed by atoms with Crippen molar-refractivity contribution in [1.29, 1.82) is 0 Å². The first-order valence-corrected chi connectivity index (χ1v) is 9.66. The minimum absolute atomic E-state index is 0.0328. The zero-order chi connectivity index (χ0) is 17.2. The van der Waals surface area contributed by atoms with Gasteiger partial charge in [-0.2, -0.15) is 0 Å². The van der Waals surface area contributed by atoms with Crippen molar-refractivity contribution >= 4 is 23.5 Å². The first kappa shape index (κ1) is 22.2. The zero-order valence-electron chi connectivity index (χ0n) is 14.8. The van der Waals surface area contributed by atoms with Crippen LogP contribution < -0.4 is 0 Å². The van der Waals surface area contributed by atoms with Crippen molar-refractivity contribution in [3.05, 3.63) is 0 Å². The summed E-state index contributed by atoms with van der Waals surface area (Å²) < 4.78 is 33.4. The molecule has 0 fully saturated rings. The van der Waals surface area contributed by atoms with Gasteiger partial charge < -0.3 is 14.4 Å². The van der Waals surface area contributed by atoms with Crippen LogP contribution in [0.5, 0.6) is 0 Å². The number of ether oxygens (including phenoxy) is 2. The molecular formula is C13H31B2O6P. The molecule has 0 amide bonds. The Labute approximate surface area is 136 Å². The Balaban J connectivity index is 4.31. The average Bonchev–Trinajstić information content (AvgIpc) is 2.46. The van der Waals surface area contributed by atoms with Gasteiger partial charge in [0.2, 0.25) is 0 Å². The van der Waals surface area contributed by atoms with Gasteiger partial charge in [-0.1, -0.05) is 19.6 Å². The highest BCUT2D eigenvalue weighted by atomic mass is 31.2. The third-order valence-electron chi connectivity index (χ3n) is 3.22. The van der Waals surface area contributed by atoms with Gasteiger partial charge in [-0.15, -0.1) is 0 Å². The van der Waals surface area contributed by atoms with Crippen LogP contribution >= 0.6 is 7.82 Å². The van der Waals surface area contributed by atoms with E-state index >= 15 is 0 Å². The molecule has 9 heteroatoms. The summed E-state index contributed by atoms with van der Waals surface area (Å²) in [5, 5.41) is 0. The molecule has 0 radical (unpaired) electrons. The molecule has 2 unspecified atom stereocenters. The van der Waals surface area contributed by atoms with Crippen LogP contribution in [0.4, 0.5) is 0 Å². The Morgan fingerprint density at radius 3 is 2.14 bits per heavy atom. The normalized spacial score (nSPS) is 18.8. The molecule has 0 aromatic rings. The SMILES string of the molecule is BC[C@H](COP(=O)(O)O[C@H](CB)COC(C)CC)OC(C)C. The Bertz CT molecular complexity index is 332. The maximum Gasteiger partial charge on any atom is 0.472 e. The molecule has 22 heavy (non-hydrogen) atoms. The summed E-state index contributed by atoms with van der Waals surface area (Å²) in [4.78, 5) is 9.82. The van der Waals surface area contributed by atoms with Gasteiger partial charge in [0.25, 0.3) is 0 Å². The van der Waals surface area contributed by atoms with Gasteiger partial charge in [0.1, 0.15) is 15.7 Å². The lowest BCUT2D eigenvalue weighted by atomic mass is 10.00. The molecule has 0 aromatic carbocycles. The van der Waals surface area contributed by atoms with Crippen molar-refractivity contribution in [2.24, 2.45) is 0 Å². The van der Waals surface area contributed by atoms with E-state index in [1.54, 1.807) is 0 Å². The number of phosphoric acid groups is 1. The number of hydrogen-bond acceptors (Lipinski definition) is 5. The Hall–Kier alpha value is 0.160. The first-order valence-electron chi connectivity index (χ1n) is 8.16. The molecule has 0 saturated carbocycles. The lowest BCUT2D eigenvalue weighted by Gasteiger charge is -2.23. The summed E-state index contributed by atoms with van der Waals surface area (Å²) in [5.41, 5.74) is 0. The molecule has 130 valence electrons. The third-order valence-corrected chi connectivity index (χ3v) is 4.26. The van der Waals surface area contributed by atoms with Crippen LogP contribution in [0.2, 0.25) is 12.6 Å². The fourth-order valence-corrected chi connectivity index (χ4v) is 2.65. The maximum atomic E-state index is 12.0. The minimum Gasteiger partial charge on any atom is -0.376 e. The monoisotopic (exact) mass is 336 g/mol. The highest BCUT2D eigenvalue weighted by molar-refractivity contribution is 7.47. The molecule has 0 saturated heterocycles. The van der Waals surface area contributed by atoms with Crippen LogP contribution in [0.3, 0.4) is 0 Å². The van der Waals surface area contributed by atoms with Gasteiger partial charge in [-0.05, 0) is 27.2 Å². The molecule has 4 atom stereocenters. The molecule has 0 aromatic heterocycles. The predicted octanol–water partition coefficient (Wildman–Crippen LogP) is 1.20. The lowest BCUT2D eigenvalue weighted by molar-refractivity contribution is -0.0258. The van der Waals surface area contributed by atoms with Crippen molar-refractivity contribution < 1.29 is 28.0 Å². The summed E-state index contributed by atoms with van der Waals surface area (Å²) in [6, 6.07) is 0. The topological polar surface area (TPSA) is 74.2 Å². The van der Waals surface area contributed by atoms with Gasteiger partial charge in [0, 0.05) is 0 Å². The molecule has 0 heterocycles. The first-order chi connectivity index (χ1) is 10.2. The Kier molecular flexibility index (Phi) is 11.7. The van der Waals surface area contributed by atoms with Gasteiger partial charge in [0.05, 0.1) is 37.6 Å². The van der Waals surface area contributed by atoms with Crippen LogP contribution in [-0.4, -0.2) is 58.2 Å². The van der Waals surface area contributed by atoms with E-state index in [1.165, 1.54) is 0 Å². The summed E-state index contributed by atoms with van der Waals surface area (Å²) in [5.74, 6) is 0. The van der Waals surface area contributed by atoms with Crippen LogP contribution in [0.15, 0.2) is 0 Å². The molecule has 0 bridgehead atoms. The summed E-state index contributed by atoms with van der Waals surface area (Å²) in [6.07, 6.45) is 1.61. The average molecular weight is 336 g/mol. The van der Waals surface area contributed by atoms with Crippen molar-refractivity contribution in [2.75, 3.05) is 13.2 Å².